The Morgan fingerprint density at radius 3 is 2.73 bits per heavy atom. The maximum Gasteiger partial charge on any atom is 0.239 e. The van der Waals surface area contributed by atoms with Crippen molar-refractivity contribution < 1.29 is 0 Å². The first-order valence-electron chi connectivity index (χ1n) is 5.21. The number of nitrogens with one attached hydrogen (secondary N) is 2. The van der Waals surface area contributed by atoms with E-state index in [1.54, 1.807) is 6.20 Å². The van der Waals surface area contributed by atoms with Crippen LogP contribution in [0.3, 0.4) is 0 Å². The number of anilines is 2. The summed E-state index contributed by atoms with van der Waals surface area (Å²) < 4.78 is 0. The van der Waals surface area contributed by atoms with Crippen LogP contribution in [-0.4, -0.2) is 15.5 Å². The van der Waals surface area contributed by atoms with Crippen molar-refractivity contribution in [3.05, 3.63) is 11.8 Å². The molecular formula is C10H17N5. The molecule has 2 rings (SSSR count). The summed E-state index contributed by atoms with van der Waals surface area (Å²) in [5.74, 6) is 6.60. The molecule has 1 aliphatic rings. The number of hydrogen-bond donors (Lipinski definition) is 3. The van der Waals surface area contributed by atoms with Crippen LogP contribution >= 0.6 is 0 Å². The molecule has 0 atom stereocenters. The van der Waals surface area contributed by atoms with E-state index >= 15 is 0 Å². The molecule has 0 amide bonds. The lowest BCUT2D eigenvalue weighted by atomic mass is 9.78. The predicted molar refractivity (Wildman–Crippen MR) is 60.5 cm³/mol. The number of aromatic nitrogens is 2. The van der Waals surface area contributed by atoms with E-state index in [9.17, 15) is 0 Å². The van der Waals surface area contributed by atoms with Gasteiger partial charge >= 0.3 is 0 Å². The highest BCUT2D eigenvalue weighted by atomic mass is 15.3. The van der Waals surface area contributed by atoms with E-state index in [-0.39, 0.29) is 5.54 Å². The third-order valence-electron chi connectivity index (χ3n) is 2.98. The van der Waals surface area contributed by atoms with Crippen LogP contribution in [0.25, 0.3) is 0 Å². The van der Waals surface area contributed by atoms with Gasteiger partial charge in [0.2, 0.25) is 5.95 Å². The monoisotopic (exact) mass is 207 g/mol. The fourth-order valence-corrected chi connectivity index (χ4v) is 1.76. The maximum absolute atomic E-state index is 5.28. The van der Waals surface area contributed by atoms with Crippen molar-refractivity contribution >= 4 is 11.8 Å². The van der Waals surface area contributed by atoms with Crippen LogP contribution in [0, 0.1) is 6.92 Å². The summed E-state index contributed by atoms with van der Waals surface area (Å²) in [6.07, 6.45) is 5.45. The van der Waals surface area contributed by atoms with Gasteiger partial charge in [0, 0.05) is 17.3 Å². The minimum absolute atomic E-state index is 0.199. The number of hydrazine groups is 1. The molecule has 1 aromatic heterocycles. The molecule has 0 aliphatic heterocycles. The van der Waals surface area contributed by atoms with Crippen molar-refractivity contribution in [2.45, 2.75) is 38.6 Å². The van der Waals surface area contributed by atoms with E-state index in [1.165, 1.54) is 19.3 Å². The third-order valence-corrected chi connectivity index (χ3v) is 2.98. The van der Waals surface area contributed by atoms with E-state index in [0.717, 1.165) is 11.4 Å². The third kappa shape index (κ3) is 2.02. The van der Waals surface area contributed by atoms with Crippen LogP contribution in [0.2, 0.25) is 0 Å². The molecule has 1 fully saturated rings. The van der Waals surface area contributed by atoms with Crippen LogP contribution in [-0.2, 0) is 0 Å². The summed E-state index contributed by atoms with van der Waals surface area (Å²) in [6, 6.07) is 0. The number of aryl methyl sites for hydroxylation is 1. The van der Waals surface area contributed by atoms with Crippen LogP contribution in [0.1, 0.15) is 31.7 Å². The minimum Gasteiger partial charge on any atom is -0.365 e. The second kappa shape index (κ2) is 3.66. The lowest BCUT2D eigenvalue weighted by Gasteiger charge is -2.39. The number of nitrogens with two attached hydrogens (primary N) is 1. The van der Waals surface area contributed by atoms with Crippen LogP contribution in [0.15, 0.2) is 6.20 Å². The topological polar surface area (TPSA) is 75.9 Å². The van der Waals surface area contributed by atoms with E-state index in [0.29, 0.717) is 5.95 Å². The quantitative estimate of drug-likeness (QED) is 0.516. The molecule has 0 bridgehead atoms. The van der Waals surface area contributed by atoms with Crippen molar-refractivity contribution in [2.24, 2.45) is 5.84 Å². The molecule has 1 aliphatic carbocycles. The van der Waals surface area contributed by atoms with Crippen molar-refractivity contribution in [2.75, 3.05) is 10.7 Å². The molecule has 82 valence electrons. The Kier molecular flexibility index (Phi) is 2.48. The standard InChI is InChI=1S/C10H17N5/c1-7-6-12-9(15-11)13-8(7)14-10(2)4-3-5-10/h6H,3-5,11H2,1-2H3,(H2,12,13,14,15). The van der Waals surface area contributed by atoms with Gasteiger partial charge in [0.05, 0.1) is 0 Å². The van der Waals surface area contributed by atoms with Gasteiger partial charge in [-0.2, -0.15) is 4.98 Å². The summed E-state index contributed by atoms with van der Waals surface area (Å²) in [5, 5.41) is 3.45. The van der Waals surface area contributed by atoms with Gasteiger partial charge in [-0.1, -0.05) is 0 Å². The van der Waals surface area contributed by atoms with E-state index < -0.39 is 0 Å². The normalized spacial score (nSPS) is 18.1. The fourth-order valence-electron chi connectivity index (χ4n) is 1.76. The molecule has 0 radical (unpaired) electrons. The highest BCUT2D eigenvalue weighted by Crippen LogP contribution is 2.34. The number of nitrogens with zero attached hydrogens (tertiary/aromatic N) is 2. The highest BCUT2D eigenvalue weighted by Gasteiger charge is 2.32. The maximum atomic E-state index is 5.28. The molecular weight excluding hydrogens is 190 g/mol. The van der Waals surface area contributed by atoms with Crippen molar-refractivity contribution in [3.8, 4) is 0 Å². The minimum atomic E-state index is 0.199. The van der Waals surface area contributed by atoms with Gasteiger partial charge < -0.3 is 5.32 Å². The first kappa shape index (κ1) is 10.2. The van der Waals surface area contributed by atoms with Gasteiger partial charge in [0.1, 0.15) is 5.82 Å². The van der Waals surface area contributed by atoms with E-state index in [4.69, 9.17) is 5.84 Å². The number of hydrogen-bond acceptors (Lipinski definition) is 5. The van der Waals surface area contributed by atoms with E-state index in [2.05, 4.69) is 27.6 Å². The summed E-state index contributed by atoms with van der Waals surface area (Å²) in [4.78, 5) is 8.34. The van der Waals surface area contributed by atoms with Crippen LogP contribution in [0.5, 0.6) is 0 Å². The number of rotatable bonds is 3. The Morgan fingerprint density at radius 1 is 1.47 bits per heavy atom. The lowest BCUT2D eigenvalue weighted by Crippen LogP contribution is -2.42. The van der Waals surface area contributed by atoms with Crippen LogP contribution < -0.4 is 16.6 Å². The smallest absolute Gasteiger partial charge is 0.239 e. The van der Waals surface area contributed by atoms with Gasteiger partial charge in [0.15, 0.2) is 0 Å². The zero-order chi connectivity index (χ0) is 10.9. The summed E-state index contributed by atoms with van der Waals surface area (Å²) >= 11 is 0. The lowest BCUT2D eigenvalue weighted by molar-refractivity contribution is 0.305. The summed E-state index contributed by atoms with van der Waals surface area (Å²) in [6.45, 7) is 4.21. The molecule has 0 unspecified atom stereocenters. The molecule has 0 saturated heterocycles. The Balaban J connectivity index is 2.19. The molecule has 5 nitrogen and oxygen atoms in total. The molecule has 5 heteroatoms. The first-order valence-corrected chi connectivity index (χ1v) is 5.21. The van der Waals surface area contributed by atoms with E-state index in [1.807, 2.05) is 6.92 Å². The van der Waals surface area contributed by atoms with Gasteiger partial charge in [-0.15, -0.1) is 0 Å². The van der Waals surface area contributed by atoms with Crippen molar-refractivity contribution in [1.29, 1.82) is 0 Å². The Hall–Kier alpha value is -1.36. The van der Waals surface area contributed by atoms with Gasteiger partial charge in [-0.3, -0.25) is 5.43 Å². The second-order valence-corrected chi connectivity index (χ2v) is 4.41. The van der Waals surface area contributed by atoms with Crippen molar-refractivity contribution in [3.63, 3.8) is 0 Å². The molecule has 1 saturated carbocycles. The Morgan fingerprint density at radius 2 is 2.20 bits per heavy atom. The molecule has 0 spiro atoms. The Bertz CT molecular complexity index is 359. The fraction of sp³-hybridized carbons (Fsp3) is 0.600. The molecule has 1 aromatic rings. The molecule has 4 N–H and O–H groups in total. The zero-order valence-electron chi connectivity index (χ0n) is 9.17. The Labute approximate surface area is 89.5 Å². The second-order valence-electron chi connectivity index (χ2n) is 4.41. The van der Waals surface area contributed by atoms with Gasteiger partial charge in [0.25, 0.3) is 0 Å². The average molecular weight is 207 g/mol. The predicted octanol–water partition coefficient (Wildman–Crippen LogP) is 1.43. The number of nitrogen functional groups attached to an aromatic ring is 1. The largest absolute Gasteiger partial charge is 0.365 e. The average Bonchev–Trinajstić information content (AvgIpc) is 2.19. The van der Waals surface area contributed by atoms with Gasteiger partial charge in [-0.25, -0.2) is 10.8 Å². The summed E-state index contributed by atoms with van der Waals surface area (Å²) in [5.41, 5.74) is 3.70. The highest BCUT2D eigenvalue weighted by molar-refractivity contribution is 5.48. The van der Waals surface area contributed by atoms with Crippen LogP contribution in [0.4, 0.5) is 11.8 Å². The summed E-state index contributed by atoms with van der Waals surface area (Å²) in [7, 11) is 0. The van der Waals surface area contributed by atoms with Gasteiger partial charge in [-0.05, 0) is 33.1 Å². The molecule has 15 heavy (non-hydrogen) atoms. The zero-order valence-corrected chi connectivity index (χ0v) is 9.17. The first-order chi connectivity index (χ1) is 7.13. The molecule has 1 heterocycles. The SMILES string of the molecule is Cc1cnc(NN)nc1NC1(C)CCC1. The van der Waals surface area contributed by atoms with Crippen molar-refractivity contribution in [1.82, 2.24) is 9.97 Å². The molecule has 0 aromatic carbocycles.